The molecule has 0 radical (unpaired) electrons. The molecular weight excluding hydrogens is 320 g/mol. The Morgan fingerprint density at radius 2 is 2.16 bits per heavy atom. The van der Waals surface area contributed by atoms with Gasteiger partial charge in [-0.1, -0.05) is 35.0 Å². The Bertz CT molecular complexity index is 551. The minimum absolute atomic E-state index is 0.190. The molecule has 0 aliphatic heterocycles. The van der Waals surface area contributed by atoms with Crippen molar-refractivity contribution in [3.8, 4) is 0 Å². The number of benzene rings is 1. The summed E-state index contributed by atoms with van der Waals surface area (Å²) in [6.45, 7) is 7.33. The van der Waals surface area contributed by atoms with E-state index in [2.05, 4.69) is 63.7 Å². The maximum absolute atomic E-state index is 4.63. The van der Waals surface area contributed by atoms with E-state index in [9.17, 15) is 0 Å². The van der Waals surface area contributed by atoms with E-state index in [1.807, 2.05) is 6.92 Å². The van der Waals surface area contributed by atoms with Crippen molar-refractivity contribution in [2.45, 2.75) is 33.2 Å². The molecule has 0 aliphatic rings. The molecule has 1 heterocycles. The fourth-order valence-corrected chi connectivity index (χ4v) is 3.22. The third-order valence-electron chi connectivity index (χ3n) is 3.01. The third kappa shape index (κ3) is 3.65. The monoisotopic (exact) mass is 338 g/mol. The van der Waals surface area contributed by atoms with Crippen molar-refractivity contribution in [2.24, 2.45) is 0 Å². The van der Waals surface area contributed by atoms with Gasteiger partial charge in [0.1, 0.15) is 5.01 Å². The molecule has 0 spiro atoms. The molecule has 0 bridgehead atoms. The second kappa shape index (κ2) is 6.64. The molecule has 2 aromatic rings. The minimum Gasteiger partial charge on any atom is -0.304 e. The Labute approximate surface area is 127 Å². The van der Waals surface area contributed by atoms with Crippen LogP contribution in [0.5, 0.6) is 0 Å². The zero-order valence-corrected chi connectivity index (χ0v) is 13.9. The first-order valence-corrected chi connectivity index (χ1v) is 8.20. The van der Waals surface area contributed by atoms with E-state index < -0.39 is 0 Å². The van der Waals surface area contributed by atoms with Gasteiger partial charge in [0.15, 0.2) is 0 Å². The topological polar surface area (TPSA) is 24.9 Å². The fourth-order valence-electron chi connectivity index (χ4n) is 1.93. The van der Waals surface area contributed by atoms with Crippen molar-refractivity contribution in [1.29, 1.82) is 0 Å². The van der Waals surface area contributed by atoms with Gasteiger partial charge < -0.3 is 5.32 Å². The van der Waals surface area contributed by atoms with Gasteiger partial charge in [-0.15, -0.1) is 11.3 Å². The largest absolute Gasteiger partial charge is 0.304 e. The van der Waals surface area contributed by atoms with Crippen molar-refractivity contribution in [1.82, 2.24) is 10.3 Å². The highest BCUT2D eigenvalue weighted by atomic mass is 79.9. The second-order valence-electron chi connectivity index (χ2n) is 4.72. The van der Waals surface area contributed by atoms with E-state index in [0.29, 0.717) is 0 Å². The van der Waals surface area contributed by atoms with Crippen LogP contribution in [0.3, 0.4) is 0 Å². The minimum atomic E-state index is 0.190. The maximum Gasteiger partial charge on any atom is 0.114 e. The van der Waals surface area contributed by atoms with Gasteiger partial charge in [-0.25, -0.2) is 4.98 Å². The second-order valence-corrected chi connectivity index (χ2v) is 6.47. The van der Waals surface area contributed by atoms with E-state index in [-0.39, 0.29) is 6.04 Å². The summed E-state index contributed by atoms with van der Waals surface area (Å²) in [5, 5.41) is 6.84. The smallest absolute Gasteiger partial charge is 0.114 e. The van der Waals surface area contributed by atoms with Gasteiger partial charge in [0.2, 0.25) is 0 Å². The van der Waals surface area contributed by atoms with Gasteiger partial charge in [0.25, 0.3) is 0 Å². The molecule has 102 valence electrons. The summed E-state index contributed by atoms with van der Waals surface area (Å²) in [6, 6.07) is 6.72. The molecular formula is C15H19BrN2S. The van der Waals surface area contributed by atoms with E-state index in [4.69, 9.17) is 0 Å². The molecule has 2 rings (SSSR count). The molecule has 1 N–H and O–H groups in total. The predicted molar refractivity (Wildman–Crippen MR) is 85.9 cm³/mol. The molecule has 0 saturated heterocycles. The first-order valence-electron chi connectivity index (χ1n) is 6.53. The van der Waals surface area contributed by atoms with Crippen LogP contribution in [0.1, 0.15) is 41.2 Å². The number of rotatable bonds is 5. The molecule has 4 heteroatoms. The number of halogens is 1. The number of nitrogens with one attached hydrogen (secondary N) is 1. The van der Waals surface area contributed by atoms with E-state index in [1.165, 1.54) is 11.1 Å². The summed E-state index contributed by atoms with van der Waals surface area (Å²) in [6.07, 6.45) is 1.12. The van der Waals surface area contributed by atoms with Crippen molar-refractivity contribution < 1.29 is 0 Å². The van der Waals surface area contributed by atoms with Crippen molar-refractivity contribution in [3.05, 3.63) is 49.9 Å². The number of thiazole rings is 1. The molecule has 1 aromatic heterocycles. The van der Waals surface area contributed by atoms with Gasteiger partial charge in [-0.2, -0.15) is 0 Å². The number of nitrogens with zero attached hydrogens (tertiary/aromatic N) is 1. The lowest BCUT2D eigenvalue weighted by Gasteiger charge is -2.17. The van der Waals surface area contributed by atoms with Crippen molar-refractivity contribution in [2.75, 3.05) is 6.54 Å². The van der Waals surface area contributed by atoms with Crippen LogP contribution >= 0.6 is 27.3 Å². The first kappa shape index (κ1) is 14.7. The summed E-state index contributed by atoms with van der Waals surface area (Å²) in [5.74, 6) is 0. The fraction of sp³-hybridized carbons (Fsp3) is 0.400. The van der Waals surface area contributed by atoms with Crippen LogP contribution < -0.4 is 5.32 Å². The summed E-state index contributed by atoms with van der Waals surface area (Å²) < 4.78 is 1.15. The van der Waals surface area contributed by atoms with Gasteiger partial charge in [-0.3, -0.25) is 0 Å². The first-order chi connectivity index (χ1) is 9.11. The molecule has 0 amide bonds. The average Bonchev–Trinajstić information content (AvgIpc) is 2.80. The average molecular weight is 339 g/mol. The van der Waals surface area contributed by atoms with Gasteiger partial charge >= 0.3 is 0 Å². The summed E-state index contributed by atoms with van der Waals surface area (Å²) >= 11 is 5.34. The van der Waals surface area contributed by atoms with Crippen LogP contribution in [0.2, 0.25) is 0 Å². The zero-order chi connectivity index (χ0) is 13.8. The van der Waals surface area contributed by atoms with Crippen molar-refractivity contribution in [3.63, 3.8) is 0 Å². The van der Waals surface area contributed by atoms with Crippen molar-refractivity contribution >= 4 is 27.3 Å². The highest BCUT2D eigenvalue weighted by Gasteiger charge is 2.17. The van der Waals surface area contributed by atoms with Gasteiger partial charge in [0, 0.05) is 15.5 Å². The van der Waals surface area contributed by atoms with Gasteiger partial charge in [-0.05, 0) is 44.0 Å². The Balaban J connectivity index is 2.33. The Morgan fingerprint density at radius 3 is 2.74 bits per heavy atom. The Morgan fingerprint density at radius 1 is 1.37 bits per heavy atom. The number of aromatic nitrogens is 1. The standard InChI is InChI=1S/C15H19BrN2S/c1-4-7-17-14(15-18-11(3)9-19-15)12-6-5-10(2)13(16)8-12/h5-6,8-9,14,17H,4,7H2,1-3H3. The number of hydrogen-bond donors (Lipinski definition) is 1. The predicted octanol–water partition coefficient (Wildman–Crippen LogP) is 4.61. The summed E-state index contributed by atoms with van der Waals surface area (Å²) in [4.78, 5) is 4.63. The van der Waals surface area contributed by atoms with E-state index in [1.54, 1.807) is 11.3 Å². The molecule has 0 saturated carbocycles. The quantitative estimate of drug-likeness (QED) is 0.860. The molecule has 1 unspecified atom stereocenters. The zero-order valence-electron chi connectivity index (χ0n) is 11.5. The SMILES string of the molecule is CCCNC(c1ccc(C)c(Br)c1)c1nc(C)cs1. The van der Waals surface area contributed by atoms with Gasteiger partial charge in [0.05, 0.1) is 6.04 Å². The lowest BCUT2D eigenvalue weighted by Crippen LogP contribution is -2.23. The molecule has 0 fully saturated rings. The highest BCUT2D eigenvalue weighted by Crippen LogP contribution is 2.28. The Kier molecular flexibility index (Phi) is 5.13. The molecule has 2 nitrogen and oxygen atoms in total. The highest BCUT2D eigenvalue weighted by molar-refractivity contribution is 9.10. The molecule has 1 atom stereocenters. The lowest BCUT2D eigenvalue weighted by atomic mass is 10.1. The lowest BCUT2D eigenvalue weighted by molar-refractivity contribution is 0.595. The van der Waals surface area contributed by atoms with Crippen LogP contribution in [-0.4, -0.2) is 11.5 Å². The van der Waals surface area contributed by atoms with Crippen LogP contribution in [0.4, 0.5) is 0 Å². The van der Waals surface area contributed by atoms with Crippen LogP contribution in [0.25, 0.3) is 0 Å². The summed E-state index contributed by atoms with van der Waals surface area (Å²) in [7, 11) is 0. The molecule has 1 aromatic carbocycles. The molecule has 0 aliphatic carbocycles. The van der Waals surface area contributed by atoms with E-state index >= 15 is 0 Å². The summed E-state index contributed by atoms with van der Waals surface area (Å²) in [5.41, 5.74) is 3.61. The Hall–Kier alpha value is -0.710. The normalized spacial score (nSPS) is 12.6. The maximum atomic E-state index is 4.63. The van der Waals surface area contributed by atoms with Crippen LogP contribution in [-0.2, 0) is 0 Å². The third-order valence-corrected chi connectivity index (χ3v) is 4.89. The number of hydrogen-bond acceptors (Lipinski definition) is 3. The van der Waals surface area contributed by atoms with Crippen LogP contribution in [0, 0.1) is 13.8 Å². The molecule has 19 heavy (non-hydrogen) atoms. The van der Waals surface area contributed by atoms with Crippen LogP contribution in [0.15, 0.2) is 28.1 Å². The number of aryl methyl sites for hydroxylation is 2. The van der Waals surface area contributed by atoms with E-state index in [0.717, 1.165) is 28.1 Å².